The molecule has 3 N–H and O–H groups in total. The molecule has 0 radical (unpaired) electrons. The standard InChI is InChI=1S/C13H15N3O3/c17-8-11(9-18)15-13(19)10-2-4-12(5-3-10)16-7-1-6-14-16/h1-7,11,17-18H,8-9H2,(H,15,19). The van der Waals surface area contributed by atoms with E-state index in [2.05, 4.69) is 10.4 Å². The molecule has 1 aromatic heterocycles. The summed E-state index contributed by atoms with van der Waals surface area (Å²) in [5.74, 6) is -0.333. The van der Waals surface area contributed by atoms with Gasteiger partial charge in [0.1, 0.15) is 0 Å². The lowest BCUT2D eigenvalue weighted by molar-refractivity contribution is 0.0879. The molecule has 1 heterocycles. The lowest BCUT2D eigenvalue weighted by atomic mass is 10.2. The van der Waals surface area contributed by atoms with Crippen molar-refractivity contribution < 1.29 is 15.0 Å². The second-order valence-corrected chi connectivity index (χ2v) is 4.03. The van der Waals surface area contributed by atoms with Crippen LogP contribution in [0.3, 0.4) is 0 Å². The number of benzene rings is 1. The van der Waals surface area contributed by atoms with Crippen molar-refractivity contribution in [2.75, 3.05) is 13.2 Å². The Balaban J connectivity index is 2.08. The van der Waals surface area contributed by atoms with Crippen molar-refractivity contribution in [1.29, 1.82) is 0 Å². The molecule has 0 aliphatic rings. The third-order valence-corrected chi connectivity index (χ3v) is 2.67. The maximum absolute atomic E-state index is 11.8. The number of rotatable bonds is 5. The van der Waals surface area contributed by atoms with Gasteiger partial charge in [-0.15, -0.1) is 0 Å². The fourth-order valence-corrected chi connectivity index (χ4v) is 1.60. The van der Waals surface area contributed by atoms with Gasteiger partial charge in [0.15, 0.2) is 0 Å². The number of amides is 1. The number of hydrogen-bond acceptors (Lipinski definition) is 4. The monoisotopic (exact) mass is 261 g/mol. The zero-order chi connectivity index (χ0) is 13.7. The molecule has 19 heavy (non-hydrogen) atoms. The van der Waals surface area contributed by atoms with Gasteiger partial charge in [0.25, 0.3) is 5.91 Å². The molecule has 0 bridgehead atoms. The summed E-state index contributed by atoms with van der Waals surface area (Å²) >= 11 is 0. The van der Waals surface area contributed by atoms with E-state index in [1.54, 1.807) is 35.1 Å². The van der Waals surface area contributed by atoms with Crippen molar-refractivity contribution in [2.45, 2.75) is 6.04 Å². The highest BCUT2D eigenvalue weighted by molar-refractivity contribution is 5.94. The summed E-state index contributed by atoms with van der Waals surface area (Å²) in [6.07, 6.45) is 3.48. The van der Waals surface area contributed by atoms with Crippen LogP contribution >= 0.6 is 0 Å². The molecule has 0 saturated carbocycles. The number of hydrogen-bond donors (Lipinski definition) is 3. The Hall–Kier alpha value is -2.18. The molecule has 0 aliphatic carbocycles. The first-order valence-corrected chi connectivity index (χ1v) is 5.87. The molecule has 1 aromatic carbocycles. The second kappa shape index (κ2) is 6.12. The number of nitrogens with one attached hydrogen (secondary N) is 1. The van der Waals surface area contributed by atoms with Crippen LogP contribution in [0.1, 0.15) is 10.4 Å². The first-order chi connectivity index (χ1) is 9.24. The molecule has 2 aromatic rings. The molecule has 0 fully saturated rings. The van der Waals surface area contributed by atoms with E-state index in [0.717, 1.165) is 5.69 Å². The highest BCUT2D eigenvalue weighted by atomic mass is 16.3. The van der Waals surface area contributed by atoms with Crippen LogP contribution in [-0.2, 0) is 0 Å². The number of carbonyl (C=O) groups excluding carboxylic acids is 1. The van der Waals surface area contributed by atoms with Gasteiger partial charge >= 0.3 is 0 Å². The van der Waals surface area contributed by atoms with Gasteiger partial charge in [0.05, 0.1) is 24.9 Å². The Morgan fingerprint density at radius 3 is 2.47 bits per heavy atom. The normalized spacial score (nSPS) is 10.7. The molecule has 100 valence electrons. The Kier molecular flexibility index (Phi) is 4.27. The third kappa shape index (κ3) is 3.18. The highest BCUT2D eigenvalue weighted by Gasteiger charge is 2.11. The summed E-state index contributed by atoms with van der Waals surface area (Å²) in [6, 6.07) is 8.05. The molecule has 0 aliphatic heterocycles. The molecule has 0 unspecified atom stereocenters. The molecule has 1 amide bonds. The van der Waals surface area contributed by atoms with Crippen LogP contribution in [0.2, 0.25) is 0 Å². The molecule has 0 atom stereocenters. The van der Waals surface area contributed by atoms with Crippen molar-refractivity contribution in [2.24, 2.45) is 0 Å². The van der Waals surface area contributed by atoms with Gasteiger partial charge in [0, 0.05) is 18.0 Å². The highest BCUT2D eigenvalue weighted by Crippen LogP contribution is 2.08. The average molecular weight is 261 g/mol. The minimum Gasteiger partial charge on any atom is -0.394 e. The van der Waals surface area contributed by atoms with Crippen LogP contribution in [-0.4, -0.2) is 45.2 Å². The minimum atomic E-state index is -0.640. The molecule has 6 heteroatoms. The molecule has 6 nitrogen and oxygen atoms in total. The molecule has 0 saturated heterocycles. The average Bonchev–Trinajstić information content (AvgIpc) is 2.99. The van der Waals surface area contributed by atoms with E-state index in [0.29, 0.717) is 5.56 Å². The first-order valence-electron chi connectivity index (χ1n) is 5.87. The lowest BCUT2D eigenvalue weighted by Gasteiger charge is -2.13. The van der Waals surface area contributed by atoms with Gasteiger partial charge in [-0.3, -0.25) is 4.79 Å². The lowest BCUT2D eigenvalue weighted by Crippen LogP contribution is -2.40. The largest absolute Gasteiger partial charge is 0.394 e. The predicted octanol–water partition coefficient (Wildman–Crippen LogP) is -0.0447. The maximum atomic E-state index is 11.8. The van der Waals surface area contributed by atoms with Crippen molar-refractivity contribution in [3.8, 4) is 5.69 Å². The zero-order valence-corrected chi connectivity index (χ0v) is 10.2. The van der Waals surface area contributed by atoms with Crippen LogP contribution in [0.4, 0.5) is 0 Å². The van der Waals surface area contributed by atoms with Gasteiger partial charge < -0.3 is 15.5 Å². The molecular weight excluding hydrogens is 246 g/mol. The van der Waals surface area contributed by atoms with Crippen LogP contribution < -0.4 is 5.32 Å². The van der Waals surface area contributed by atoms with Gasteiger partial charge in [-0.2, -0.15) is 5.10 Å². The van der Waals surface area contributed by atoms with E-state index in [9.17, 15) is 4.79 Å². The summed E-state index contributed by atoms with van der Waals surface area (Å²) in [5, 5.41) is 24.4. The Morgan fingerprint density at radius 1 is 1.26 bits per heavy atom. The number of aliphatic hydroxyl groups excluding tert-OH is 2. The summed E-state index contributed by atoms with van der Waals surface area (Å²) in [7, 11) is 0. The zero-order valence-electron chi connectivity index (χ0n) is 10.2. The van der Waals surface area contributed by atoms with Crippen molar-refractivity contribution in [3.63, 3.8) is 0 Å². The minimum absolute atomic E-state index is 0.298. The van der Waals surface area contributed by atoms with E-state index < -0.39 is 6.04 Å². The fraction of sp³-hybridized carbons (Fsp3) is 0.231. The van der Waals surface area contributed by atoms with Crippen LogP contribution in [0.15, 0.2) is 42.7 Å². The Labute approximate surface area is 110 Å². The smallest absolute Gasteiger partial charge is 0.251 e. The van der Waals surface area contributed by atoms with E-state index in [4.69, 9.17) is 10.2 Å². The van der Waals surface area contributed by atoms with E-state index in [1.807, 2.05) is 12.3 Å². The summed E-state index contributed by atoms with van der Waals surface area (Å²) < 4.78 is 1.69. The van der Waals surface area contributed by atoms with Crippen LogP contribution in [0, 0.1) is 0 Å². The number of aliphatic hydroxyl groups is 2. The molecular formula is C13H15N3O3. The maximum Gasteiger partial charge on any atom is 0.251 e. The topological polar surface area (TPSA) is 87.4 Å². The Bertz CT molecular complexity index is 519. The van der Waals surface area contributed by atoms with E-state index in [-0.39, 0.29) is 19.1 Å². The van der Waals surface area contributed by atoms with Crippen LogP contribution in [0.5, 0.6) is 0 Å². The number of nitrogens with zero attached hydrogens (tertiary/aromatic N) is 2. The Morgan fingerprint density at radius 2 is 1.95 bits per heavy atom. The van der Waals surface area contributed by atoms with E-state index >= 15 is 0 Å². The molecule has 2 rings (SSSR count). The van der Waals surface area contributed by atoms with Crippen molar-refractivity contribution in [3.05, 3.63) is 48.3 Å². The van der Waals surface area contributed by atoms with Gasteiger partial charge in [-0.05, 0) is 30.3 Å². The van der Waals surface area contributed by atoms with Crippen molar-refractivity contribution >= 4 is 5.91 Å². The van der Waals surface area contributed by atoms with Gasteiger partial charge in [0.2, 0.25) is 0 Å². The number of aromatic nitrogens is 2. The first kappa shape index (κ1) is 13.3. The summed E-state index contributed by atoms with van der Waals surface area (Å²) in [4.78, 5) is 11.8. The fourth-order valence-electron chi connectivity index (χ4n) is 1.60. The number of carbonyl (C=O) groups is 1. The SMILES string of the molecule is O=C(NC(CO)CO)c1ccc(-n2cccn2)cc1. The second-order valence-electron chi connectivity index (χ2n) is 4.03. The van der Waals surface area contributed by atoms with Crippen molar-refractivity contribution in [1.82, 2.24) is 15.1 Å². The summed E-state index contributed by atoms with van der Waals surface area (Å²) in [5.41, 5.74) is 1.31. The summed E-state index contributed by atoms with van der Waals surface area (Å²) in [6.45, 7) is -0.596. The van der Waals surface area contributed by atoms with Gasteiger partial charge in [-0.1, -0.05) is 0 Å². The quantitative estimate of drug-likeness (QED) is 0.704. The van der Waals surface area contributed by atoms with E-state index in [1.165, 1.54) is 0 Å². The molecule has 0 spiro atoms. The third-order valence-electron chi connectivity index (χ3n) is 2.67. The van der Waals surface area contributed by atoms with Gasteiger partial charge in [-0.25, -0.2) is 4.68 Å². The van der Waals surface area contributed by atoms with Crippen LogP contribution in [0.25, 0.3) is 5.69 Å². The predicted molar refractivity (Wildman–Crippen MR) is 69.0 cm³/mol.